The molecule has 3 aliphatic heterocycles. The van der Waals surface area contributed by atoms with Gasteiger partial charge in [-0.1, -0.05) is 18.6 Å². The third-order valence-corrected chi connectivity index (χ3v) is 6.79. The Bertz CT molecular complexity index is 831. The summed E-state index contributed by atoms with van der Waals surface area (Å²) >= 11 is 0. The zero-order valence-corrected chi connectivity index (χ0v) is 17.8. The lowest BCUT2D eigenvalue weighted by molar-refractivity contribution is -0.128. The molecule has 0 spiro atoms. The van der Waals surface area contributed by atoms with Crippen molar-refractivity contribution in [2.75, 3.05) is 19.6 Å². The summed E-state index contributed by atoms with van der Waals surface area (Å²) in [5, 5.41) is 5.69. The van der Waals surface area contributed by atoms with Crippen LogP contribution in [0.4, 0.5) is 9.18 Å². The number of carbonyl (C=O) groups is 3. The molecule has 4 rings (SSSR count). The number of imide groups is 1. The Balaban J connectivity index is 1.23. The molecule has 3 atom stereocenters. The van der Waals surface area contributed by atoms with E-state index >= 15 is 0 Å². The van der Waals surface area contributed by atoms with Gasteiger partial charge in [-0.2, -0.15) is 0 Å². The smallest absolute Gasteiger partial charge is 0.325 e. The highest BCUT2D eigenvalue weighted by Gasteiger charge is 2.38. The number of piperidine rings is 2. The van der Waals surface area contributed by atoms with Gasteiger partial charge in [0.25, 0.3) is 5.91 Å². The number of urea groups is 1. The summed E-state index contributed by atoms with van der Waals surface area (Å²) in [6, 6.07) is 5.20. The van der Waals surface area contributed by atoms with Crippen molar-refractivity contribution in [3.63, 3.8) is 0 Å². The van der Waals surface area contributed by atoms with Crippen LogP contribution in [0.2, 0.25) is 0 Å². The van der Waals surface area contributed by atoms with E-state index in [-0.39, 0.29) is 31.2 Å². The highest BCUT2D eigenvalue weighted by molar-refractivity contribution is 6.04. The Morgan fingerprint density at radius 1 is 1.16 bits per heavy atom. The second-order valence-corrected chi connectivity index (χ2v) is 8.90. The molecule has 1 aromatic rings. The highest BCUT2D eigenvalue weighted by atomic mass is 19.1. The van der Waals surface area contributed by atoms with Crippen LogP contribution < -0.4 is 10.6 Å². The monoisotopic (exact) mass is 430 g/mol. The molecule has 0 bridgehead atoms. The number of rotatable bonds is 7. The Hall–Kier alpha value is -2.48. The second-order valence-electron chi connectivity index (χ2n) is 8.90. The number of hydrogen-bond donors (Lipinski definition) is 2. The van der Waals surface area contributed by atoms with E-state index in [4.69, 9.17) is 0 Å². The normalized spacial score (nSPS) is 26.5. The topological polar surface area (TPSA) is 81.8 Å². The Morgan fingerprint density at radius 3 is 2.84 bits per heavy atom. The summed E-state index contributed by atoms with van der Waals surface area (Å²) in [5.41, 5.74) is 0.547. The van der Waals surface area contributed by atoms with Gasteiger partial charge in [0.2, 0.25) is 5.91 Å². The maximum atomic E-state index is 13.4. The van der Waals surface area contributed by atoms with Crippen molar-refractivity contribution >= 4 is 17.8 Å². The summed E-state index contributed by atoms with van der Waals surface area (Å²) in [7, 11) is 0. The van der Waals surface area contributed by atoms with Crippen molar-refractivity contribution in [1.29, 1.82) is 0 Å². The molecule has 7 nitrogen and oxygen atoms in total. The molecule has 3 aliphatic rings. The number of fused-ring (bicyclic) bond motifs is 1. The number of hydrogen-bond acceptors (Lipinski definition) is 4. The molecule has 0 saturated carbocycles. The molecule has 168 valence electrons. The molecule has 0 aliphatic carbocycles. The van der Waals surface area contributed by atoms with Crippen molar-refractivity contribution in [2.45, 2.75) is 63.6 Å². The first-order valence-corrected chi connectivity index (χ1v) is 11.4. The van der Waals surface area contributed by atoms with E-state index in [1.807, 2.05) is 0 Å². The first-order valence-electron chi connectivity index (χ1n) is 11.4. The third kappa shape index (κ3) is 5.23. The summed E-state index contributed by atoms with van der Waals surface area (Å²) in [6.07, 6.45) is 6.52. The molecular formula is C23H31FN4O3. The molecule has 3 heterocycles. The molecule has 31 heavy (non-hydrogen) atoms. The van der Waals surface area contributed by atoms with Gasteiger partial charge in [-0.3, -0.25) is 14.5 Å². The highest BCUT2D eigenvalue weighted by Crippen LogP contribution is 2.30. The minimum Gasteiger partial charge on any atom is -0.356 e. The first-order chi connectivity index (χ1) is 15.0. The minimum atomic E-state index is -0.713. The van der Waals surface area contributed by atoms with Crippen molar-refractivity contribution < 1.29 is 18.8 Å². The van der Waals surface area contributed by atoms with Gasteiger partial charge in [-0.25, -0.2) is 9.18 Å². The lowest BCUT2D eigenvalue weighted by Gasteiger charge is -2.44. The zero-order chi connectivity index (χ0) is 21.8. The quantitative estimate of drug-likeness (QED) is 0.651. The van der Waals surface area contributed by atoms with Crippen LogP contribution in [-0.4, -0.2) is 59.4 Å². The van der Waals surface area contributed by atoms with Crippen molar-refractivity contribution in [3.8, 4) is 0 Å². The van der Waals surface area contributed by atoms with Gasteiger partial charge in [0, 0.05) is 19.0 Å². The van der Waals surface area contributed by atoms with Gasteiger partial charge in [0.05, 0.1) is 6.54 Å². The number of halogens is 1. The Morgan fingerprint density at radius 2 is 2.00 bits per heavy atom. The maximum absolute atomic E-state index is 13.4. The number of carbonyl (C=O) groups excluding carboxylic acids is 3. The van der Waals surface area contributed by atoms with Crippen LogP contribution in [0.25, 0.3) is 0 Å². The minimum absolute atomic E-state index is 0.0185. The Kier molecular flexibility index (Phi) is 6.85. The molecule has 3 fully saturated rings. The lowest BCUT2D eigenvalue weighted by Crippen LogP contribution is -2.51. The number of amides is 4. The molecule has 0 unspecified atom stereocenters. The average Bonchev–Trinajstić information content (AvgIpc) is 3.04. The number of benzene rings is 1. The van der Waals surface area contributed by atoms with E-state index in [1.165, 1.54) is 50.9 Å². The van der Waals surface area contributed by atoms with Crippen LogP contribution in [0.15, 0.2) is 24.3 Å². The van der Waals surface area contributed by atoms with Crippen molar-refractivity contribution in [2.24, 2.45) is 5.92 Å². The number of nitrogens with zero attached hydrogens (tertiary/aromatic N) is 2. The van der Waals surface area contributed by atoms with Gasteiger partial charge in [-0.15, -0.1) is 0 Å². The summed E-state index contributed by atoms with van der Waals surface area (Å²) < 4.78 is 13.4. The lowest BCUT2D eigenvalue weighted by atomic mass is 9.83. The fourth-order valence-corrected chi connectivity index (χ4v) is 5.16. The van der Waals surface area contributed by atoms with E-state index in [0.29, 0.717) is 24.1 Å². The zero-order valence-electron chi connectivity index (χ0n) is 17.8. The van der Waals surface area contributed by atoms with Gasteiger partial charge in [0.1, 0.15) is 11.9 Å². The molecule has 4 amide bonds. The SMILES string of the molecule is O=C(CC[C@H]1NC(=O)N(Cc2cccc(F)c2)C1=O)NC[C@@H]1CCCN2CCCC[C@H]12. The van der Waals surface area contributed by atoms with Gasteiger partial charge < -0.3 is 15.5 Å². The molecular weight excluding hydrogens is 399 g/mol. The van der Waals surface area contributed by atoms with Gasteiger partial charge >= 0.3 is 6.03 Å². The van der Waals surface area contributed by atoms with Crippen molar-refractivity contribution in [3.05, 3.63) is 35.6 Å². The second kappa shape index (κ2) is 9.77. The van der Waals surface area contributed by atoms with Gasteiger partial charge in [-0.05, 0) is 68.8 Å². The molecule has 3 saturated heterocycles. The molecule has 0 radical (unpaired) electrons. The van der Waals surface area contributed by atoms with Crippen LogP contribution in [0.5, 0.6) is 0 Å². The van der Waals surface area contributed by atoms with Crippen LogP contribution >= 0.6 is 0 Å². The van der Waals surface area contributed by atoms with Gasteiger partial charge in [0.15, 0.2) is 0 Å². The van der Waals surface area contributed by atoms with Crippen molar-refractivity contribution in [1.82, 2.24) is 20.4 Å². The van der Waals surface area contributed by atoms with E-state index < -0.39 is 17.9 Å². The van der Waals surface area contributed by atoms with E-state index in [2.05, 4.69) is 15.5 Å². The summed E-state index contributed by atoms with van der Waals surface area (Å²) in [6.45, 7) is 3.04. The van der Waals surface area contributed by atoms with Crippen LogP contribution in [-0.2, 0) is 16.1 Å². The molecule has 0 aromatic heterocycles. The van der Waals surface area contributed by atoms with E-state index in [9.17, 15) is 18.8 Å². The number of nitrogens with one attached hydrogen (secondary N) is 2. The molecule has 2 N–H and O–H groups in total. The largest absolute Gasteiger partial charge is 0.356 e. The predicted octanol–water partition coefficient (Wildman–Crippen LogP) is 2.41. The standard InChI is InChI=1S/C23H31FN4O3/c24-18-7-3-5-16(13-18)15-28-22(30)19(26-23(28)31)9-10-21(29)25-14-17-6-4-12-27-11-2-1-8-20(17)27/h3,5,7,13,17,19-20H,1-2,4,6,8-12,14-15H2,(H,25,29)(H,26,31)/t17-,19+,20+/m0/s1. The summed E-state index contributed by atoms with van der Waals surface area (Å²) in [5.74, 6) is -0.370. The predicted molar refractivity (Wildman–Crippen MR) is 113 cm³/mol. The fraction of sp³-hybridized carbons (Fsp3) is 0.609. The summed E-state index contributed by atoms with van der Waals surface area (Å²) in [4.78, 5) is 40.8. The maximum Gasteiger partial charge on any atom is 0.325 e. The van der Waals surface area contributed by atoms with E-state index in [1.54, 1.807) is 12.1 Å². The Labute approximate surface area is 182 Å². The molecule has 1 aromatic carbocycles. The fourth-order valence-electron chi connectivity index (χ4n) is 5.16. The molecule has 8 heteroatoms. The first kappa shape index (κ1) is 21.7. The van der Waals surface area contributed by atoms with E-state index in [0.717, 1.165) is 11.3 Å². The third-order valence-electron chi connectivity index (χ3n) is 6.79. The van der Waals surface area contributed by atoms with Crippen LogP contribution in [0.1, 0.15) is 50.5 Å². The van der Waals surface area contributed by atoms with Crippen LogP contribution in [0.3, 0.4) is 0 Å². The van der Waals surface area contributed by atoms with Crippen LogP contribution in [0, 0.1) is 11.7 Å². The average molecular weight is 431 g/mol.